The second-order valence-electron chi connectivity index (χ2n) is 4.99. The van der Waals surface area contributed by atoms with Gasteiger partial charge in [-0.2, -0.15) is 0 Å². The molecule has 2 nitrogen and oxygen atoms in total. The molecule has 0 radical (unpaired) electrons. The van der Waals surface area contributed by atoms with Gasteiger partial charge in [0.1, 0.15) is 0 Å². The van der Waals surface area contributed by atoms with Gasteiger partial charge in [-0.15, -0.1) is 0 Å². The van der Waals surface area contributed by atoms with Crippen LogP contribution in [0.15, 0.2) is 36.5 Å². The van der Waals surface area contributed by atoms with Crippen LogP contribution < -0.4 is 5.73 Å². The summed E-state index contributed by atoms with van der Waals surface area (Å²) < 4.78 is 0. The lowest BCUT2D eigenvalue weighted by atomic mass is 9.91. The van der Waals surface area contributed by atoms with E-state index in [9.17, 15) is 0 Å². The number of hydrogen-bond acceptors (Lipinski definition) is 2. The molecule has 1 heterocycles. The summed E-state index contributed by atoms with van der Waals surface area (Å²) in [6.07, 6.45) is 7.05. The predicted molar refractivity (Wildman–Crippen MR) is 70.6 cm³/mol. The first kappa shape index (κ1) is 10.7. The van der Waals surface area contributed by atoms with Gasteiger partial charge >= 0.3 is 0 Å². The van der Waals surface area contributed by atoms with Crippen molar-refractivity contribution >= 4 is 10.9 Å². The number of rotatable bonds is 2. The molecule has 1 saturated carbocycles. The van der Waals surface area contributed by atoms with Crippen molar-refractivity contribution in [3.63, 3.8) is 0 Å². The fraction of sp³-hybridized carbons (Fsp3) is 0.400. The van der Waals surface area contributed by atoms with E-state index >= 15 is 0 Å². The maximum atomic E-state index is 6.43. The molecule has 88 valence electrons. The summed E-state index contributed by atoms with van der Waals surface area (Å²) in [6.45, 7) is 0. The van der Waals surface area contributed by atoms with E-state index < -0.39 is 0 Å². The van der Waals surface area contributed by atoms with E-state index in [0.29, 0.717) is 5.92 Å². The summed E-state index contributed by atoms with van der Waals surface area (Å²) in [4.78, 5) is 4.49. The Kier molecular flexibility index (Phi) is 2.81. The van der Waals surface area contributed by atoms with Crippen molar-refractivity contribution < 1.29 is 0 Å². The van der Waals surface area contributed by atoms with Gasteiger partial charge in [0, 0.05) is 17.6 Å². The summed E-state index contributed by atoms with van der Waals surface area (Å²) >= 11 is 0. The third kappa shape index (κ3) is 1.93. The van der Waals surface area contributed by atoms with Crippen molar-refractivity contribution in [2.24, 2.45) is 11.7 Å². The highest BCUT2D eigenvalue weighted by atomic mass is 14.7. The molecule has 1 aliphatic carbocycles. The molecule has 0 amide bonds. The molecule has 1 aromatic heterocycles. The fourth-order valence-electron chi connectivity index (χ4n) is 2.97. The standard InChI is InChI=1S/C15H18N2/c16-14(11-5-1-2-6-11)13-9-3-7-12-8-4-10-17-15(12)13/h3-4,7-11,14H,1-2,5-6,16H2. The van der Waals surface area contributed by atoms with E-state index in [2.05, 4.69) is 29.2 Å². The van der Waals surface area contributed by atoms with E-state index in [-0.39, 0.29) is 6.04 Å². The molecule has 0 aliphatic heterocycles. The molecule has 0 spiro atoms. The van der Waals surface area contributed by atoms with Gasteiger partial charge in [0.15, 0.2) is 0 Å². The molecule has 17 heavy (non-hydrogen) atoms. The van der Waals surface area contributed by atoms with Crippen LogP contribution in [0.1, 0.15) is 37.3 Å². The molecule has 1 aromatic carbocycles. The van der Waals surface area contributed by atoms with E-state index in [1.54, 1.807) is 0 Å². The summed E-state index contributed by atoms with van der Waals surface area (Å²) in [6, 6.07) is 10.6. The third-order valence-electron chi connectivity index (χ3n) is 3.93. The maximum Gasteiger partial charge on any atom is 0.0749 e. The average Bonchev–Trinajstić information content (AvgIpc) is 2.91. The highest BCUT2D eigenvalue weighted by Crippen LogP contribution is 2.35. The van der Waals surface area contributed by atoms with Gasteiger partial charge in [-0.1, -0.05) is 37.1 Å². The lowest BCUT2D eigenvalue weighted by molar-refractivity contribution is 0.447. The number of fused-ring (bicyclic) bond motifs is 1. The van der Waals surface area contributed by atoms with E-state index in [1.165, 1.54) is 36.6 Å². The quantitative estimate of drug-likeness (QED) is 0.852. The zero-order valence-electron chi connectivity index (χ0n) is 9.97. The number of nitrogens with zero attached hydrogens (tertiary/aromatic N) is 1. The first-order valence-electron chi connectivity index (χ1n) is 6.45. The average molecular weight is 226 g/mol. The Morgan fingerprint density at radius 2 is 1.88 bits per heavy atom. The molecule has 3 rings (SSSR count). The Bertz CT molecular complexity index is 510. The van der Waals surface area contributed by atoms with E-state index in [4.69, 9.17) is 5.73 Å². The van der Waals surface area contributed by atoms with Crippen LogP contribution >= 0.6 is 0 Å². The zero-order chi connectivity index (χ0) is 11.7. The molecular weight excluding hydrogens is 208 g/mol. The number of pyridine rings is 1. The van der Waals surface area contributed by atoms with Gasteiger partial charge in [0.25, 0.3) is 0 Å². The Morgan fingerprint density at radius 3 is 2.71 bits per heavy atom. The molecule has 1 unspecified atom stereocenters. The number of benzene rings is 1. The summed E-state index contributed by atoms with van der Waals surface area (Å²) in [5.74, 6) is 0.641. The topological polar surface area (TPSA) is 38.9 Å². The number of hydrogen-bond donors (Lipinski definition) is 1. The van der Waals surface area contributed by atoms with Crippen molar-refractivity contribution in [3.05, 3.63) is 42.1 Å². The monoisotopic (exact) mass is 226 g/mol. The summed E-state index contributed by atoms with van der Waals surface area (Å²) in [5.41, 5.74) is 8.72. The highest BCUT2D eigenvalue weighted by molar-refractivity contribution is 5.82. The van der Waals surface area contributed by atoms with Crippen LogP contribution in [0, 0.1) is 5.92 Å². The van der Waals surface area contributed by atoms with Crippen LogP contribution in [0.4, 0.5) is 0 Å². The van der Waals surface area contributed by atoms with Gasteiger partial charge in [-0.25, -0.2) is 0 Å². The Balaban J connectivity index is 2.04. The molecule has 0 bridgehead atoms. The minimum absolute atomic E-state index is 0.149. The Hall–Kier alpha value is -1.41. The lowest BCUT2D eigenvalue weighted by Crippen LogP contribution is -2.19. The van der Waals surface area contributed by atoms with Gasteiger partial charge in [0.05, 0.1) is 5.52 Å². The molecule has 2 N–H and O–H groups in total. The SMILES string of the molecule is NC(c1cccc2cccnc12)C1CCCC1. The van der Waals surface area contributed by atoms with Crippen molar-refractivity contribution in [2.45, 2.75) is 31.7 Å². The largest absolute Gasteiger partial charge is 0.324 e. The zero-order valence-corrected chi connectivity index (χ0v) is 9.97. The highest BCUT2D eigenvalue weighted by Gasteiger charge is 2.24. The molecule has 0 saturated heterocycles. The minimum atomic E-state index is 0.149. The third-order valence-corrected chi connectivity index (χ3v) is 3.93. The smallest absolute Gasteiger partial charge is 0.0749 e. The number of nitrogens with two attached hydrogens (primary N) is 1. The number of aromatic nitrogens is 1. The first-order chi connectivity index (χ1) is 8.36. The van der Waals surface area contributed by atoms with Crippen LogP contribution in [-0.4, -0.2) is 4.98 Å². The van der Waals surface area contributed by atoms with Gasteiger partial charge in [-0.05, 0) is 30.4 Å². The van der Waals surface area contributed by atoms with Crippen molar-refractivity contribution in [3.8, 4) is 0 Å². The van der Waals surface area contributed by atoms with E-state index in [1.807, 2.05) is 12.3 Å². The van der Waals surface area contributed by atoms with Crippen LogP contribution in [-0.2, 0) is 0 Å². The predicted octanol–water partition coefficient (Wildman–Crippen LogP) is 3.42. The van der Waals surface area contributed by atoms with Gasteiger partial charge < -0.3 is 5.73 Å². The van der Waals surface area contributed by atoms with Crippen LogP contribution in [0.25, 0.3) is 10.9 Å². The Morgan fingerprint density at radius 1 is 1.12 bits per heavy atom. The molecular formula is C15H18N2. The fourth-order valence-corrected chi connectivity index (χ4v) is 2.97. The number of para-hydroxylation sites is 1. The lowest BCUT2D eigenvalue weighted by Gasteiger charge is -2.20. The molecule has 2 heteroatoms. The molecule has 1 atom stereocenters. The second-order valence-corrected chi connectivity index (χ2v) is 4.99. The summed E-state index contributed by atoms with van der Waals surface area (Å²) in [5, 5.41) is 1.19. The van der Waals surface area contributed by atoms with Crippen molar-refractivity contribution in [1.82, 2.24) is 4.98 Å². The van der Waals surface area contributed by atoms with Crippen molar-refractivity contribution in [2.75, 3.05) is 0 Å². The summed E-state index contributed by atoms with van der Waals surface area (Å²) in [7, 11) is 0. The molecule has 2 aromatic rings. The first-order valence-corrected chi connectivity index (χ1v) is 6.45. The van der Waals surface area contributed by atoms with Gasteiger partial charge in [-0.3, -0.25) is 4.98 Å². The minimum Gasteiger partial charge on any atom is -0.324 e. The molecule has 1 aliphatic rings. The second kappa shape index (κ2) is 4.46. The molecule has 1 fully saturated rings. The van der Waals surface area contributed by atoms with Crippen LogP contribution in [0.3, 0.4) is 0 Å². The van der Waals surface area contributed by atoms with Crippen molar-refractivity contribution in [1.29, 1.82) is 0 Å². The van der Waals surface area contributed by atoms with Crippen LogP contribution in [0.2, 0.25) is 0 Å². The van der Waals surface area contributed by atoms with Gasteiger partial charge in [0.2, 0.25) is 0 Å². The normalized spacial score (nSPS) is 18.6. The van der Waals surface area contributed by atoms with Crippen LogP contribution in [0.5, 0.6) is 0 Å². The Labute approximate surface area is 102 Å². The maximum absolute atomic E-state index is 6.43. The van der Waals surface area contributed by atoms with E-state index in [0.717, 1.165) is 5.52 Å².